The number of nitrogens with two attached hydrogens (primary N) is 1. The number of non-ortho nitro benzene ring substituents is 1. The van der Waals surface area contributed by atoms with Crippen LogP contribution in [0.1, 0.15) is 19.5 Å². The number of imidazole rings is 1. The maximum absolute atomic E-state index is 11.6. The first-order valence-corrected chi connectivity index (χ1v) is 6.79. The highest BCUT2D eigenvalue weighted by Crippen LogP contribution is 2.29. The van der Waals surface area contributed by atoms with E-state index < -0.39 is 16.5 Å². The summed E-state index contributed by atoms with van der Waals surface area (Å²) in [6.45, 7) is 3.60. The van der Waals surface area contributed by atoms with Crippen molar-refractivity contribution in [1.82, 2.24) is 9.55 Å². The molecule has 118 valence electrons. The number of anilines is 1. The van der Waals surface area contributed by atoms with Crippen LogP contribution >= 0.6 is 0 Å². The highest BCUT2D eigenvalue weighted by atomic mass is 16.6. The third-order valence-electron chi connectivity index (χ3n) is 3.38. The topological polar surface area (TPSA) is 128 Å². The second-order valence-corrected chi connectivity index (χ2v) is 5.59. The van der Waals surface area contributed by atoms with Crippen LogP contribution in [0.3, 0.4) is 0 Å². The van der Waals surface area contributed by atoms with Gasteiger partial charge in [-0.05, 0) is 26.0 Å². The molecular formula is C14H14N6O3. The average molecular weight is 314 g/mol. The van der Waals surface area contributed by atoms with Gasteiger partial charge in [0.05, 0.1) is 4.92 Å². The number of carbonyl (C=O) groups excluding carboxylic acids is 1. The van der Waals surface area contributed by atoms with Gasteiger partial charge in [-0.3, -0.25) is 19.5 Å². The Balaban J connectivity index is 2.10. The summed E-state index contributed by atoms with van der Waals surface area (Å²) in [6, 6.07) is 6.01. The summed E-state index contributed by atoms with van der Waals surface area (Å²) in [4.78, 5) is 30.3. The second-order valence-electron chi connectivity index (χ2n) is 5.59. The van der Waals surface area contributed by atoms with Gasteiger partial charge >= 0.3 is 0 Å². The number of carbonyl (C=O) groups is 1. The summed E-state index contributed by atoms with van der Waals surface area (Å²) >= 11 is 0. The van der Waals surface area contributed by atoms with Gasteiger partial charge in [0, 0.05) is 17.8 Å². The SMILES string of the molecule is CC1(C)N=C(C(N)=O)c2ncn(-c3ccc([N+](=O)[O-])cc3)c2N1. The molecule has 0 bridgehead atoms. The second kappa shape index (κ2) is 4.90. The number of aromatic nitrogens is 2. The summed E-state index contributed by atoms with van der Waals surface area (Å²) in [5, 5.41) is 13.9. The van der Waals surface area contributed by atoms with Gasteiger partial charge in [-0.15, -0.1) is 0 Å². The molecule has 1 aromatic heterocycles. The van der Waals surface area contributed by atoms with E-state index in [9.17, 15) is 14.9 Å². The molecule has 1 aliphatic heterocycles. The maximum Gasteiger partial charge on any atom is 0.269 e. The number of hydrogen-bond donors (Lipinski definition) is 2. The van der Waals surface area contributed by atoms with Crippen molar-refractivity contribution >= 4 is 23.1 Å². The van der Waals surface area contributed by atoms with Crippen LogP contribution in [-0.2, 0) is 4.79 Å². The van der Waals surface area contributed by atoms with Gasteiger partial charge < -0.3 is 11.1 Å². The molecule has 9 nitrogen and oxygen atoms in total. The van der Waals surface area contributed by atoms with Crippen molar-refractivity contribution in [1.29, 1.82) is 0 Å². The van der Waals surface area contributed by atoms with Gasteiger partial charge in [0.1, 0.15) is 23.5 Å². The van der Waals surface area contributed by atoms with E-state index in [1.165, 1.54) is 18.5 Å². The van der Waals surface area contributed by atoms with E-state index >= 15 is 0 Å². The monoisotopic (exact) mass is 314 g/mol. The molecular weight excluding hydrogens is 300 g/mol. The summed E-state index contributed by atoms with van der Waals surface area (Å²) in [7, 11) is 0. The molecule has 0 saturated heterocycles. The highest BCUT2D eigenvalue weighted by Gasteiger charge is 2.32. The normalized spacial score (nSPS) is 15.3. The lowest BCUT2D eigenvalue weighted by atomic mass is 10.1. The van der Waals surface area contributed by atoms with Crippen LogP contribution in [0.25, 0.3) is 5.69 Å². The molecule has 3 rings (SSSR count). The number of aliphatic imine (C=N–C) groups is 1. The Morgan fingerprint density at radius 3 is 2.57 bits per heavy atom. The van der Waals surface area contributed by atoms with E-state index in [-0.39, 0.29) is 11.4 Å². The fourth-order valence-electron chi connectivity index (χ4n) is 2.39. The van der Waals surface area contributed by atoms with Crippen molar-refractivity contribution in [3.8, 4) is 5.69 Å². The van der Waals surface area contributed by atoms with Gasteiger partial charge in [0.25, 0.3) is 11.6 Å². The Kier molecular flexibility index (Phi) is 3.13. The molecule has 0 atom stereocenters. The lowest BCUT2D eigenvalue weighted by Crippen LogP contribution is -2.39. The minimum Gasteiger partial charge on any atom is -0.364 e. The van der Waals surface area contributed by atoms with E-state index in [1.807, 2.05) is 0 Å². The van der Waals surface area contributed by atoms with Crippen molar-refractivity contribution in [2.75, 3.05) is 5.32 Å². The molecule has 23 heavy (non-hydrogen) atoms. The Morgan fingerprint density at radius 1 is 1.35 bits per heavy atom. The predicted octanol–water partition coefficient (Wildman–Crippen LogP) is 1.22. The number of benzene rings is 1. The van der Waals surface area contributed by atoms with E-state index in [0.717, 1.165) is 0 Å². The van der Waals surface area contributed by atoms with Gasteiger partial charge in [0.15, 0.2) is 5.71 Å². The lowest BCUT2D eigenvalue weighted by Gasteiger charge is -2.29. The first-order valence-electron chi connectivity index (χ1n) is 6.79. The molecule has 0 fully saturated rings. The molecule has 1 amide bonds. The Morgan fingerprint density at radius 2 is 2.00 bits per heavy atom. The molecule has 0 aliphatic carbocycles. The molecule has 0 radical (unpaired) electrons. The Labute approximate surface area is 131 Å². The predicted molar refractivity (Wildman–Crippen MR) is 83.7 cm³/mol. The molecule has 0 spiro atoms. The Hall–Kier alpha value is -3.23. The molecule has 3 N–H and O–H groups in total. The largest absolute Gasteiger partial charge is 0.364 e. The molecule has 1 aliphatic rings. The minimum absolute atomic E-state index is 0.00425. The van der Waals surface area contributed by atoms with Gasteiger partial charge in [0.2, 0.25) is 0 Å². The van der Waals surface area contributed by atoms with E-state index in [2.05, 4.69) is 15.3 Å². The summed E-state index contributed by atoms with van der Waals surface area (Å²) in [6.07, 6.45) is 1.51. The zero-order chi connectivity index (χ0) is 16.8. The van der Waals surface area contributed by atoms with Crippen molar-refractivity contribution in [3.63, 3.8) is 0 Å². The van der Waals surface area contributed by atoms with E-state index in [4.69, 9.17) is 5.73 Å². The van der Waals surface area contributed by atoms with Gasteiger partial charge in [-0.25, -0.2) is 9.98 Å². The van der Waals surface area contributed by atoms with Crippen molar-refractivity contribution < 1.29 is 9.72 Å². The van der Waals surface area contributed by atoms with Crippen LogP contribution < -0.4 is 11.1 Å². The number of primary amides is 1. The molecule has 1 aromatic carbocycles. The van der Waals surface area contributed by atoms with Crippen molar-refractivity contribution in [2.45, 2.75) is 19.5 Å². The maximum atomic E-state index is 11.6. The number of rotatable bonds is 3. The van der Waals surface area contributed by atoms with Gasteiger partial charge in [-0.2, -0.15) is 0 Å². The number of amides is 1. The number of nitrogens with one attached hydrogen (secondary N) is 1. The first kappa shape index (κ1) is 14.7. The number of fused-ring (bicyclic) bond motifs is 1. The van der Waals surface area contributed by atoms with Crippen LogP contribution in [0.2, 0.25) is 0 Å². The van der Waals surface area contributed by atoms with Crippen LogP contribution in [0.15, 0.2) is 35.6 Å². The zero-order valence-electron chi connectivity index (χ0n) is 12.5. The van der Waals surface area contributed by atoms with Crippen LogP contribution in [0, 0.1) is 10.1 Å². The Bertz CT molecular complexity index is 835. The third kappa shape index (κ3) is 2.52. The fourth-order valence-corrected chi connectivity index (χ4v) is 2.39. The first-order chi connectivity index (χ1) is 10.8. The third-order valence-corrected chi connectivity index (χ3v) is 3.38. The smallest absolute Gasteiger partial charge is 0.269 e. The molecule has 2 aromatic rings. The minimum atomic E-state index is -0.726. The molecule has 0 saturated carbocycles. The fraction of sp³-hybridized carbons (Fsp3) is 0.214. The molecule has 2 heterocycles. The van der Waals surface area contributed by atoms with Crippen LogP contribution in [0.4, 0.5) is 11.5 Å². The lowest BCUT2D eigenvalue weighted by molar-refractivity contribution is -0.384. The number of nitro benzene ring substituents is 1. The highest BCUT2D eigenvalue weighted by molar-refractivity contribution is 6.45. The standard InChI is InChI=1S/C14H14N6O3/c1-14(2)17-10(12(15)21)11-13(18-14)19(7-16-11)8-3-5-9(6-4-8)20(22)23/h3-7,18H,1-2H3,(H2,15,21). The van der Waals surface area contributed by atoms with Crippen LogP contribution in [0.5, 0.6) is 0 Å². The van der Waals surface area contributed by atoms with E-state index in [1.54, 1.807) is 30.5 Å². The summed E-state index contributed by atoms with van der Waals surface area (Å²) in [5.41, 5.74) is 5.78. The number of hydrogen-bond acceptors (Lipinski definition) is 6. The molecule has 9 heteroatoms. The number of nitro groups is 1. The average Bonchev–Trinajstić information content (AvgIpc) is 2.88. The van der Waals surface area contributed by atoms with Gasteiger partial charge in [-0.1, -0.05) is 0 Å². The van der Waals surface area contributed by atoms with Crippen LogP contribution in [-0.4, -0.2) is 31.8 Å². The summed E-state index contributed by atoms with van der Waals surface area (Å²) < 4.78 is 1.69. The molecule has 0 unspecified atom stereocenters. The van der Waals surface area contributed by atoms with E-state index in [0.29, 0.717) is 17.2 Å². The quantitative estimate of drug-likeness (QED) is 0.650. The number of nitrogens with zero attached hydrogens (tertiary/aromatic N) is 4. The summed E-state index contributed by atoms with van der Waals surface area (Å²) in [5.74, 6) is -0.0950. The van der Waals surface area contributed by atoms with Crippen molar-refractivity contribution in [3.05, 3.63) is 46.4 Å². The van der Waals surface area contributed by atoms with Crippen molar-refractivity contribution in [2.24, 2.45) is 10.7 Å². The zero-order valence-corrected chi connectivity index (χ0v) is 12.5.